The molecule has 0 radical (unpaired) electrons. The lowest BCUT2D eigenvalue weighted by Gasteiger charge is -2.08. The van der Waals surface area contributed by atoms with Crippen LogP contribution in [0, 0.1) is 11.3 Å². The monoisotopic (exact) mass is 294 g/mol. The van der Waals surface area contributed by atoms with Gasteiger partial charge in [0.25, 0.3) is 0 Å². The molecule has 3 nitrogen and oxygen atoms in total. The van der Waals surface area contributed by atoms with E-state index in [4.69, 9.17) is 21.6 Å². The molecule has 4 heteroatoms. The fourth-order valence-electron chi connectivity index (χ4n) is 2.05. The molecule has 102 valence electrons. The summed E-state index contributed by atoms with van der Waals surface area (Å²) in [7, 11) is 0. The smallest absolute Gasteiger partial charge is 0.139 e. The predicted molar refractivity (Wildman–Crippen MR) is 82.2 cm³/mol. The highest BCUT2D eigenvalue weighted by molar-refractivity contribution is 6.30. The predicted octanol–water partition coefficient (Wildman–Crippen LogP) is 4.34. The minimum atomic E-state index is 0.292. The molecule has 0 bridgehead atoms. The Labute approximate surface area is 127 Å². The summed E-state index contributed by atoms with van der Waals surface area (Å²) in [5.41, 5.74) is 2.18. The molecule has 0 spiro atoms. The molecule has 0 N–H and O–H groups in total. The first-order chi connectivity index (χ1) is 10.3. The van der Waals surface area contributed by atoms with Crippen molar-refractivity contribution in [3.63, 3.8) is 0 Å². The zero-order valence-electron chi connectivity index (χ0n) is 11.1. The van der Waals surface area contributed by atoms with Crippen LogP contribution >= 0.6 is 11.6 Å². The second-order valence-corrected chi connectivity index (χ2v) is 4.97. The van der Waals surface area contributed by atoms with Crippen LogP contribution in [0.25, 0.3) is 10.9 Å². The molecule has 0 amide bonds. The number of nitrogens with zero attached hydrogens (tertiary/aromatic N) is 2. The van der Waals surface area contributed by atoms with Gasteiger partial charge in [-0.3, -0.25) is 0 Å². The highest BCUT2D eigenvalue weighted by Gasteiger charge is 2.05. The van der Waals surface area contributed by atoms with E-state index in [1.165, 1.54) is 0 Å². The van der Waals surface area contributed by atoms with Gasteiger partial charge in [-0.05, 0) is 24.3 Å². The van der Waals surface area contributed by atoms with E-state index in [9.17, 15) is 0 Å². The highest BCUT2D eigenvalue weighted by Crippen LogP contribution is 2.23. The standard InChI is InChI=1S/C17H11ClN2O/c18-14-7-5-13(10-19)17(9-14)21-11-15-8-6-12-3-1-2-4-16(12)20-15/h1-9H,11H2. The lowest BCUT2D eigenvalue weighted by molar-refractivity contribution is 0.301. The van der Waals surface area contributed by atoms with Crippen molar-refractivity contribution in [3.05, 3.63) is 70.9 Å². The minimum absolute atomic E-state index is 0.292. The number of aromatic nitrogens is 1. The van der Waals surface area contributed by atoms with Crippen LogP contribution in [0.2, 0.25) is 5.02 Å². The number of halogens is 1. The van der Waals surface area contributed by atoms with Crippen LogP contribution < -0.4 is 4.74 Å². The number of para-hydroxylation sites is 1. The Morgan fingerprint density at radius 1 is 1.10 bits per heavy atom. The average Bonchev–Trinajstić information content (AvgIpc) is 2.53. The first-order valence-corrected chi connectivity index (χ1v) is 6.81. The number of rotatable bonds is 3. The van der Waals surface area contributed by atoms with Gasteiger partial charge in [-0.2, -0.15) is 5.26 Å². The molecule has 0 unspecified atom stereocenters. The molecular weight excluding hydrogens is 284 g/mol. The number of pyridine rings is 1. The Morgan fingerprint density at radius 2 is 1.95 bits per heavy atom. The van der Waals surface area contributed by atoms with Gasteiger partial charge in [0.15, 0.2) is 0 Å². The zero-order valence-corrected chi connectivity index (χ0v) is 11.8. The Hall–Kier alpha value is -2.57. The summed E-state index contributed by atoms with van der Waals surface area (Å²) in [4.78, 5) is 4.53. The van der Waals surface area contributed by atoms with Gasteiger partial charge < -0.3 is 4.74 Å². The number of benzene rings is 2. The van der Waals surface area contributed by atoms with Crippen LogP contribution in [0.1, 0.15) is 11.3 Å². The Kier molecular flexibility index (Phi) is 3.72. The van der Waals surface area contributed by atoms with Gasteiger partial charge in [0.05, 0.1) is 16.8 Å². The van der Waals surface area contributed by atoms with E-state index in [0.29, 0.717) is 22.9 Å². The van der Waals surface area contributed by atoms with Crippen molar-refractivity contribution in [2.75, 3.05) is 0 Å². The van der Waals surface area contributed by atoms with Gasteiger partial charge in [-0.25, -0.2) is 4.98 Å². The molecular formula is C17H11ClN2O. The largest absolute Gasteiger partial charge is 0.486 e. The maximum Gasteiger partial charge on any atom is 0.139 e. The normalized spacial score (nSPS) is 10.3. The van der Waals surface area contributed by atoms with E-state index in [2.05, 4.69) is 11.1 Å². The van der Waals surface area contributed by atoms with Gasteiger partial charge in [0.1, 0.15) is 18.4 Å². The van der Waals surface area contributed by atoms with Gasteiger partial charge in [0, 0.05) is 16.5 Å². The summed E-state index contributed by atoms with van der Waals surface area (Å²) in [6.45, 7) is 0.292. The number of ether oxygens (including phenoxy) is 1. The molecule has 21 heavy (non-hydrogen) atoms. The van der Waals surface area contributed by atoms with E-state index < -0.39 is 0 Å². The fraction of sp³-hybridized carbons (Fsp3) is 0.0588. The number of fused-ring (bicyclic) bond motifs is 1. The van der Waals surface area contributed by atoms with Crippen LogP contribution in [0.15, 0.2) is 54.6 Å². The quantitative estimate of drug-likeness (QED) is 0.722. The van der Waals surface area contributed by atoms with Crippen LogP contribution in [-0.2, 0) is 6.61 Å². The SMILES string of the molecule is N#Cc1ccc(Cl)cc1OCc1ccc2ccccc2n1. The summed E-state index contributed by atoms with van der Waals surface area (Å²) >= 11 is 5.93. The molecule has 1 aromatic heterocycles. The van der Waals surface area contributed by atoms with E-state index in [1.54, 1.807) is 18.2 Å². The molecule has 1 heterocycles. The summed E-state index contributed by atoms with van der Waals surface area (Å²) in [6, 6.07) is 18.9. The Morgan fingerprint density at radius 3 is 2.81 bits per heavy atom. The lowest BCUT2D eigenvalue weighted by atomic mass is 10.2. The van der Waals surface area contributed by atoms with Crippen LogP contribution in [0.3, 0.4) is 0 Å². The lowest BCUT2D eigenvalue weighted by Crippen LogP contribution is -1.99. The molecule has 0 atom stereocenters. The van der Waals surface area contributed by atoms with E-state index in [1.807, 2.05) is 36.4 Å². The maximum atomic E-state index is 9.06. The Bertz CT molecular complexity index is 840. The maximum absolute atomic E-state index is 9.06. The van der Waals surface area contributed by atoms with E-state index in [-0.39, 0.29) is 0 Å². The van der Waals surface area contributed by atoms with Crippen molar-refractivity contribution >= 4 is 22.5 Å². The second-order valence-electron chi connectivity index (χ2n) is 4.54. The summed E-state index contributed by atoms with van der Waals surface area (Å²) in [5.74, 6) is 0.472. The molecule has 0 saturated carbocycles. The molecule has 0 saturated heterocycles. The van der Waals surface area contributed by atoms with Crippen LogP contribution in [0.4, 0.5) is 0 Å². The second kappa shape index (κ2) is 5.82. The van der Waals surface area contributed by atoms with Gasteiger partial charge in [0.2, 0.25) is 0 Å². The van der Waals surface area contributed by atoms with Crippen LogP contribution in [0.5, 0.6) is 5.75 Å². The number of nitriles is 1. The van der Waals surface area contributed by atoms with Gasteiger partial charge >= 0.3 is 0 Å². The summed E-state index contributed by atoms with van der Waals surface area (Å²) < 4.78 is 5.67. The van der Waals surface area contributed by atoms with E-state index in [0.717, 1.165) is 16.6 Å². The number of hydrogen-bond donors (Lipinski definition) is 0. The molecule has 0 aliphatic carbocycles. The highest BCUT2D eigenvalue weighted by atomic mass is 35.5. The van der Waals surface area contributed by atoms with Crippen molar-refractivity contribution in [2.45, 2.75) is 6.61 Å². The third kappa shape index (κ3) is 2.96. The van der Waals surface area contributed by atoms with Gasteiger partial charge in [-0.1, -0.05) is 35.9 Å². The minimum Gasteiger partial charge on any atom is -0.486 e. The van der Waals surface area contributed by atoms with Crippen molar-refractivity contribution in [3.8, 4) is 11.8 Å². The molecule has 3 aromatic rings. The summed E-state index contributed by atoms with van der Waals surface area (Å²) in [5, 5.41) is 10.7. The molecule has 0 aliphatic heterocycles. The van der Waals surface area contributed by atoms with Crippen LogP contribution in [-0.4, -0.2) is 4.98 Å². The summed E-state index contributed by atoms with van der Waals surface area (Å²) in [6.07, 6.45) is 0. The number of hydrogen-bond acceptors (Lipinski definition) is 3. The van der Waals surface area contributed by atoms with E-state index >= 15 is 0 Å². The third-order valence-corrected chi connectivity index (χ3v) is 3.33. The average molecular weight is 295 g/mol. The zero-order chi connectivity index (χ0) is 14.7. The first-order valence-electron chi connectivity index (χ1n) is 6.43. The molecule has 0 fully saturated rings. The van der Waals surface area contributed by atoms with Crippen molar-refractivity contribution < 1.29 is 4.74 Å². The van der Waals surface area contributed by atoms with Crippen molar-refractivity contribution in [2.24, 2.45) is 0 Å². The van der Waals surface area contributed by atoms with Crippen molar-refractivity contribution in [1.29, 1.82) is 5.26 Å². The Balaban J connectivity index is 1.83. The topological polar surface area (TPSA) is 45.9 Å². The molecule has 2 aromatic carbocycles. The molecule has 3 rings (SSSR count). The van der Waals surface area contributed by atoms with Crippen molar-refractivity contribution in [1.82, 2.24) is 4.98 Å². The van der Waals surface area contributed by atoms with Gasteiger partial charge in [-0.15, -0.1) is 0 Å². The molecule has 0 aliphatic rings. The first kappa shape index (κ1) is 13.4. The third-order valence-electron chi connectivity index (χ3n) is 3.10. The fourth-order valence-corrected chi connectivity index (χ4v) is 2.21.